The smallest absolute Gasteiger partial charge is 0.394 e. The maximum Gasteiger partial charge on any atom is 0.471 e. The van der Waals surface area contributed by atoms with E-state index in [4.69, 9.17) is 14.6 Å². The zero-order valence-electron chi connectivity index (χ0n) is 10.8. The number of carbonyl (C=O) groups is 1. The molecule has 0 bridgehead atoms. The first kappa shape index (κ1) is 17.9. The summed E-state index contributed by atoms with van der Waals surface area (Å²) >= 11 is 0. The van der Waals surface area contributed by atoms with E-state index >= 15 is 0 Å². The Hall–Kier alpha value is -1.20. The number of nitrogens with one attached hydrogen (secondary N) is 1. The van der Waals surface area contributed by atoms with E-state index in [-0.39, 0.29) is 6.61 Å². The fourth-order valence-electron chi connectivity index (χ4n) is 1.77. The minimum atomic E-state index is -5.17. The molecule has 0 aliphatic carbocycles. The van der Waals surface area contributed by atoms with Crippen molar-refractivity contribution in [2.75, 3.05) is 13.2 Å². The molecule has 0 spiro atoms. The highest BCUT2D eigenvalue weighted by Crippen LogP contribution is 2.24. The number of alkyl halides is 3. The third-order valence-electron chi connectivity index (χ3n) is 2.81. The van der Waals surface area contributed by atoms with Gasteiger partial charge in [0.2, 0.25) is 0 Å². The van der Waals surface area contributed by atoms with Crippen LogP contribution in [-0.4, -0.2) is 71.3 Å². The van der Waals surface area contributed by atoms with Crippen LogP contribution in [0.5, 0.6) is 0 Å². The van der Waals surface area contributed by atoms with Gasteiger partial charge in [-0.1, -0.05) is 6.08 Å². The molecule has 5 atom stereocenters. The SMILES string of the molecule is C=CCO[C@H]1OC(CO)[C@@H](O)[C@H](O)[C@H]1NC(=O)C(F)(F)F. The number of halogens is 3. The number of amides is 1. The lowest BCUT2D eigenvalue weighted by Crippen LogP contribution is -2.65. The van der Waals surface area contributed by atoms with Crippen LogP contribution in [0.4, 0.5) is 13.2 Å². The van der Waals surface area contributed by atoms with Crippen LogP contribution in [0, 0.1) is 0 Å². The van der Waals surface area contributed by atoms with Gasteiger partial charge in [-0.2, -0.15) is 13.2 Å². The quantitative estimate of drug-likeness (QED) is 0.469. The van der Waals surface area contributed by atoms with E-state index in [0.29, 0.717) is 0 Å². The first-order valence-corrected chi connectivity index (χ1v) is 5.95. The summed E-state index contributed by atoms with van der Waals surface area (Å²) < 4.78 is 46.8. The Morgan fingerprint density at radius 3 is 2.48 bits per heavy atom. The van der Waals surface area contributed by atoms with E-state index in [0.717, 1.165) is 0 Å². The van der Waals surface area contributed by atoms with Crippen molar-refractivity contribution in [3.63, 3.8) is 0 Å². The summed E-state index contributed by atoms with van der Waals surface area (Å²) in [7, 11) is 0. The second-order valence-electron chi connectivity index (χ2n) is 4.33. The molecule has 0 aromatic rings. The van der Waals surface area contributed by atoms with Crippen molar-refractivity contribution in [1.29, 1.82) is 0 Å². The molecule has 1 rings (SSSR count). The molecule has 1 saturated heterocycles. The van der Waals surface area contributed by atoms with E-state index in [1.807, 2.05) is 0 Å². The van der Waals surface area contributed by atoms with Crippen molar-refractivity contribution in [2.45, 2.75) is 36.8 Å². The third-order valence-corrected chi connectivity index (χ3v) is 2.81. The Labute approximate surface area is 118 Å². The third kappa shape index (κ3) is 4.38. The molecule has 1 amide bonds. The number of aliphatic hydroxyl groups excluding tert-OH is 3. The Balaban J connectivity index is 2.88. The van der Waals surface area contributed by atoms with Crippen LogP contribution in [0.1, 0.15) is 0 Å². The Morgan fingerprint density at radius 2 is 2.00 bits per heavy atom. The zero-order valence-corrected chi connectivity index (χ0v) is 10.8. The van der Waals surface area contributed by atoms with Crippen molar-refractivity contribution in [3.8, 4) is 0 Å². The first-order chi connectivity index (χ1) is 9.72. The summed E-state index contributed by atoms with van der Waals surface area (Å²) in [4.78, 5) is 10.9. The van der Waals surface area contributed by atoms with Gasteiger partial charge in [-0.3, -0.25) is 4.79 Å². The molecule has 0 aromatic carbocycles. The molecule has 0 aromatic heterocycles. The van der Waals surface area contributed by atoms with Gasteiger partial charge in [0.05, 0.1) is 13.2 Å². The lowest BCUT2D eigenvalue weighted by Gasteiger charge is -2.42. The molecule has 1 unspecified atom stereocenters. The van der Waals surface area contributed by atoms with Crippen molar-refractivity contribution in [2.24, 2.45) is 0 Å². The predicted molar refractivity (Wildman–Crippen MR) is 61.9 cm³/mol. The minimum absolute atomic E-state index is 0.135. The maximum absolute atomic E-state index is 12.3. The number of aliphatic hydroxyl groups is 3. The fourth-order valence-corrected chi connectivity index (χ4v) is 1.77. The van der Waals surface area contributed by atoms with Gasteiger partial charge in [0.25, 0.3) is 0 Å². The van der Waals surface area contributed by atoms with E-state index in [1.54, 1.807) is 0 Å². The number of hydrogen-bond donors (Lipinski definition) is 4. The Kier molecular flexibility index (Phi) is 6.10. The maximum atomic E-state index is 12.3. The van der Waals surface area contributed by atoms with Crippen LogP contribution < -0.4 is 5.32 Å². The highest BCUT2D eigenvalue weighted by atomic mass is 19.4. The van der Waals surface area contributed by atoms with Gasteiger partial charge in [0.15, 0.2) is 6.29 Å². The number of rotatable bonds is 5. The molecule has 0 radical (unpaired) electrons. The molecule has 122 valence electrons. The fraction of sp³-hybridized carbons (Fsp3) is 0.727. The summed E-state index contributed by atoms with van der Waals surface area (Å²) in [6, 6.07) is -1.66. The molecule has 1 fully saturated rings. The zero-order chi connectivity index (χ0) is 16.2. The largest absolute Gasteiger partial charge is 0.471 e. The normalized spacial score (nSPS) is 33.5. The summed E-state index contributed by atoms with van der Waals surface area (Å²) in [6.45, 7) is 2.51. The number of ether oxygens (including phenoxy) is 2. The van der Waals surface area contributed by atoms with Crippen LogP contribution in [0.2, 0.25) is 0 Å². The van der Waals surface area contributed by atoms with E-state index in [9.17, 15) is 28.2 Å². The van der Waals surface area contributed by atoms with Gasteiger partial charge in [-0.15, -0.1) is 6.58 Å². The second-order valence-corrected chi connectivity index (χ2v) is 4.33. The molecule has 4 N–H and O–H groups in total. The molecule has 1 aliphatic rings. The van der Waals surface area contributed by atoms with Crippen molar-refractivity contribution >= 4 is 5.91 Å². The monoisotopic (exact) mass is 315 g/mol. The van der Waals surface area contributed by atoms with Crippen LogP contribution >= 0.6 is 0 Å². The molecule has 7 nitrogen and oxygen atoms in total. The molecule has 1 heterocycles. The van der Waals surface area contributed by atoms with Gasteiger partial charge in [-0.05, 0) is 0 Å². The lowest BCUT2D eigenvalue weighted by atomic mass is 9.97. The predicted octanol–water partition coefficient (Wildman–Crippen LogP) is -1.32. The van der Waals surface area contributed by atoms with Gasteiger partial charge in [0, 0.05) is 0 Å². The van der Waals surface area contributed by atoms with Crippen molar-refractivity contribution in [1.82, 2.24) is 5.32 Å². The highest BCUT2D eigenvalue weighted by Gasteiger charge is 2.49. The number of carbonyl (C=O) groups excluding carboxylic acids is 1. The highest BCUT2D eigenvalue weighted by molar-refractivity contribution is 5.82. The molecular formula is C11H16F3NO6. The van der Waals surface area contributed by atoms with E-state index < -0.39 is 49.3 Å². The van der Waals surface area contributed by atoms with Crippen LogP contribution in [0.25, 0.3) is 0 Å². The van der Waals surface area contributed by atoms with Crippen LogP contribution in [0.15, 0.2) is 12.7 Å². The number of hydrogen-bond acceptors (Lipinski definition) is 6. The lowest BCUT2D eigenvalue weighted by molar-refractivity contribution is -0.269. The average Bonchev–Trinajstić information content (AvgIpc) is 2.41. The van der Waals surface area contributed by atoms with Crippen LogP contribution in [0.3, 0.4) is 0 Å². The molecule has 1 aliphatic heterocycles. The molecular weight excluding hydrogens is 299 g/mol. The topological polar surface area (TPSA) is 108 Å². The summed E-state index contributed by atoms with van der Waals surface area (Å²) in [5.41, 5.74) is 0. The summed E-state index contributed by atoms with van der Waals surface area (Å²) in [5.74, 6) is -2.31. The van der Waals surface area contributed by atoms with Gasteiger partial charge in [0.1, 0.15) is 24.4 Å². The molecule has 21 heavy (non-hydrogen) atoms. The molecule has 10 heteroatoms. The van der Waals surface area contributed by atoms with E-state index in [1.165, 1.54) is 11.4 Å². The van der Waals surface area contributed by atoms with Crippen molar-refractivity contribution < 1.29 is 42.8 Å². The first-order valence-electron chi connectivity index (χ1n) is 5.95. The average molecular weight is 315 g/mol. The summed E-state index contributed by atoms with van der Waals surface area (Å²) in [5, 5.41) is 29.9. The van der Waals surface area contributed by atoms with Gasteiger partial charge < -0.3 is 30.1 Å². The summed E-state index contributed by atoms with van der Waals surface area (Å²) in [6.07, 6.45) is -10.1. The van der Waals surface area contributed by atoms with E-state index in [2.05, 4.69) is 6.58 Å². The molecule has 0 saturated carbocycles. The Bertz CT molecular complexity index is 377. The second kappa shape index (κ2) is 7.18. The standard InChI is InChI=1S/C11H16F3NO6/c1-2-3-20-9-6(15-10(19)11(12,13)14)8(18)7(17)5(4-16)21-9/h2,5-9,16-18H,1,3-4H2,(H,15,19)/t5?,6-,7-,8-,9+/m1/s1. The van der Waals surface area contributed by atoms with Gasteiger partial charge in [-0.25, -0.2) is 0 Å². The minimum Gasteiger partial charge on any atom is -0.394 e. The van der Waals surface area contributed by atoms with Crippen LogP contribution in [-0.2, 0) is 14.3 Å². The Morgan fingerprint density at radius 1 is 1.38 bits per heavy atom. The van der Waals surface area contributed by atoms with Crippen molar-refractivity contribution in [3.05, 3.63) is 12.7 Å². The van der Waals surface area contributed by atoms with Gasteiger partial charge >= 0.3 is 12.1 Å².